The van der Waals surface area contributed by atoms with Gasteiger partial charge in [0.1, 0.15) is 11.5 Å². The summed E-state index contributed by atoms with van der Waals surface area (Å²) in [6.07, 6.45) is 0. The summed E-state index contributed by atoms with van der Waals surface area (Å²) in [5.74, 6) is -0.199. The molecule has 160 valence electrons. The lowest BCUT2D eigenvalue weighted by atomic mass is 10.1. The van der Waals surface area contributed by atoms with Crippen LogP contribution in [0.4, 0.5) is 5.69 Å². The Morgan fingerprint density at radius 3 is 2.31 bits per heavy atom. The minimum atomic E-state index is -0.635. The first-order valence-corrected chi connectivity index (χ1v) is 9.83. The SMILES string of the molecule is COc1ccccc1C(=O)Nc1ccc(OC(=O)c2cc(=O)n(C)c3ccccc23)cc1. The van der Waals surface area contributed by atoms with Crippen molar-refractivity contribution in [1.82, 2.24) is 4.57 Å². The first-order chi connectivity index (χ1) is 15.5. The second-order valence-electron chi connectivity index (χ2n) is 7.04. The van der Waals surface area contributed by atoms with Crippen LogP contribution in [-0.2, 0) is 7.05 Å². The van der Waals surface area contributed by atoms with Gasteiger partial charge in [-0.05, 0) is 42.5 Å². The maximum atomic E-state index is 12.8. The van der Waals surface area contributed by atoms with E-state index in [4.69, 9.17) is 9.47 Å². The number of hydrogen-bond donors (Lipinski definition) is 1. The van der Waals surface area contributed by atoms with Gasteiger partial charge in [0.15, 0.2) is 0 Å². The summed E-state index contributed by atoms with van der Waals surface area (Å²) < 4.78 is 12.2. The van der Waals surface area contributed by atoms with Crippen molar-refractivity contribution >= 4 is 28.5 Å². The number of amides is 1. The molecule has 1 amide bonds. The summed E-state index contributed by atoms with van der Waals surface area (Å²) in [5, 5.41) is 3.40. The highest BCUT2D eigenvalue weighted by atomic mass is 16.5. The maximum Gasteiger partial charge on any atom is 0.344 e. The molecular formula is C25H20N2O5. The largest absolute Gasteiger partial charge is 0.496 e. The fourth-order valence-electron chi connectivity index (χ4n) is 3.38. The van der Waals surface area contributed by atoms with Crippen LogP contribution in [0.15, 0.2) is 83.7 Å². The van der Waals surface area contributed by atoms with Crippen LogP contribution >= 0.6 is 0 Å². The number of para-hydroxylation sites is 2. The Morgan fingerprint density at radius 1 is 0.875 bits per heavy atom. The minimum absolute atomic E-state index is 0.192. The first kappa shape index (κ1) is 20.9. The van der Waals surface area contributed by atoms with Gasteiger partial charge >= 0.3 is 5.97 Å². The zero-order chi connectivity index (χ0) is 22.7. The molecule has 0 aliphatic rings. The van der Waals surface area contributed by atoms with Gasteiger partial charge in [-0.2, -0.15) is 0 Å². The average molecular weight is 428 g/mol. The Balaban J connectivity index is 1.52. The zero-order valence-electron chi connectivity index (χ0n) is 17.5. The van der Waals surface area contributed by atoms with Gasteiger partial charge in [0.25, 0.3) is 11.5 Å². The molecule has 7 nitrogen and oxygen atoms in total. The number of benzene rings is 3. The van der Waals surface area contributed by atoms with Crippen molar-refractivity contribution < 1.29 is 19.1 Å². The minimum Gasteiger partial charge on any atom is -0.496 e. The summed E-state index contributed by atoms with van der Waals surface area (Å²) in [4.78, 5) is 37.5. The van der Waals surface area contributed by atoms with E-state index in [0.717, 1.165) is 0 Å². The van der Waals surface area contributed by atoms with Gasteiger partial charge in [0.05, 0.1) is 23.8 Å². The molecular weight excluding hydrogens is 408 g/mol. The van der Waals surface area contributed by atoms with Crippen LogP contribution in [0.5, 0.6) is 11.5 Å². The van der Waals surface area contributed by atoms with Gasteiger partial charge < -0.3 is 19.4 Å². The normalized spacial score (nSPS) is 10.6. The topological polar surface area (TPSA) is 86.6 Å². The molecule has 0 spiro atoms. The number of pyridine rings is 1. The Bertz CT molecular complexity index is 1370. The molecule has 32 heavy (non-hydrogen) atoms. The number of nitrogens with zero attached hydrogens (tertiary/aromatic N) is 1. The summed E-state index contributed by atoms with van der Waals surface area (Å²) in [5.41, 5.74) is 1.46. The van der Waals surface area contributed by atoms with E-state index >= 15 is 0 Å². The third-order valence-electron chi connectivity index (χ3n) is 5.05. The lowest BCUT2D eigenvalue weighted by Crippen LogP contribution is -2.20. The third kappa shape index (κ3) is 4.09. The van der Waals surface area contributed by atoms with Gasteiger partial charge in [-0.15, -0.1) is 0 Å². The highest BCUT2D eigenvalue weighted by molar-refractivity contribution is 6.06. The number of carbonyl (C=O) groups is 2. The van der Waals surface area contributed by atoms with Crippen molar-refractivity contribution in [2.24, 2.45) is 7.05 Å². The molecule has 0 bridgehead atoms. The van der Waals surface area contributed by atoms with Gasteiger partial charge in [-0.1, -0.05) is 30.3 Å². The molecule has 0 saturated carbocycles. The summed E-state index contributed by atoms with van der Waals surface area (Å²) in [6, 6.07) is 21.7. The van der Waals surface area contributed by atoms with E-state index < -0.39 is 5.97 Å². The second kappa shape index (κ2) is 8.77. The van der Waals surface area contributed by atoms with Gasteiger partial charge in [0, 0.05) is 24.2 Å². The molecule has 1 N–H and O–H groups in total. The highest BCUT2D eigenvalue weighted by Gasteiger charge is 2.16. The first-order valence-electron chi connectivity index (χ1n) is 9.83. The predicted molar refractivity (Wildman–Crippen MR) is 122 cm³/mol. The fourth-order valence-corrected chi connectivity index (χ4v) is 3.38. The molecule has 0 aliphatic carbocycles. The molecule has 0 aliphatic heterocycles. The van der Waals surface area contributed by atoms with Crippen molar-refractivity contribution in [3.05, 3.63) is 100 Å². The van der Waals surface area contributed by atoms with Crippen LogP contribution in [-0.4, -0.2) is 23.6 Å². The van der Waals surface area contributed by atoms with E-state index in [1.165, 1.54) is 17.7 Å². The van der Waals surface area contributed by atoms with Crippen molar-refractivity contribution in [2.45, 2.75) is 0 Å². The number of ether oxygens (including phenoxy) is 2. The Hall–Kier alpha value is -4.39. The van der Waals surface area contributed by atoms with Gasteiger partial charge in [-0.3, -0.25) is 9.59 Å². The van der Waals surface area contributed by atoms with Crippen LogP contribution < -0.4 is 20.3 Å². The molecule has 0 saturated heterocycles. The van der Waals surface area contributed by atoms with E-state index in [0.29, 0.717) is 27.9 Å². The molecule has 4 aromatic rings. The van der Waals surface area contributed by atoms with Crippen molar-refractivity contribution in [1.29, 1.82) is 0 Å². The highest BCUT2D eigenvalue weighted by Crippen LogP contribution is 2.22. The Labute approximate surface area is 183 Å². The number of nitrogens with one attached hydrogen (secondary N) is 1. The Morgan fingerprint density at radius 2 is 1.56 bits per heavy atom. The van der Waals surface area contributed by atoms with Crippen molar-refractivity contribution in [3.8, 4) is 11.5 Å². The van der Waals surface area contributed by atoms with Crippen LogP contribution in [0, 0.1) is 0 Å². The van der Waals surface area contributed by atoms with Crippen LogP contribution in [0.2, 0.25) is 0 Å². The number of fused-ring (bicyclic) bond motifs is 1. The molecule has 1 aromatic heterocycles. The van der Waals surface area contributed by atoms with E-state index in [9.17, 15) is 14.4 Å². The Kier molecular flexibility index (Phi) is 5.72. The smallest absolute Gasteiger partial charge is 0.344 e. The standard InChI is InChI=1S/C25H20N2O5/c1-27-21-9-5-3-7-18(21)20(15-23(27)28)25(30)32-17-13-11-16(12-14-17)26-24(29)19-8-4-6-10-22(19)31-2/h3-15H,1-2H3,(H,26,29). The zero-order valence-corrected chi connectivity index (χ0v) is 17.5. The lowest BCUT2D eigenvalue weighted by molar-refractivity contribution is 0.0736. The monoisotopic (exact) mass is 428 g/mol. The number of aromatic nitrogens is 1. The predicted octanol–water partition coefficient (Wildman–Crippen LogP) is 4.02. The third-order valence-corrected chi connectivity index (χ3v) is 5.05. The van der Waals surface area contributed by atoms with Gasteiger partial charge in [-0.25, -0.2) is 4.79 Å². The number of esters is 1. The molecule has 0 radical (unpaired) electrons. The number of anilines is 1. The average Bonchev–Trinajstić information content (AvgIpc) is 2.82. The molecule has 3 aromatic carbocycles. The molecule has 7 heteroatoms. The van der Waals surface area contributed by atoms with E-state index in [1.807, 2.05) is 0 Å². The summed E-state index contributed by atoms with van der Waals surface area (Å²) >= 11 is 0. The lowest BCUT2D eigenvalue weighted by Gasteiger charge is -2.11. The number of methoxy groups -OCH3 is 1. The number of carbonyl (C=O) groups excluding carboxylic acids is 2. The van der Waals surface area contributed by atoms with Crippen molar-refractivity contribution in [2.75, 3.05) is 12.4 Å². The van der Waals surface area contributed by atoms with Crippen LogP contribution in [0.3, 0.4) is 0 Å². The summed E-state index contributed by atoms with van der Waals surface area (Å²) in [6.45, 7) is 0. The molecule has 0 fully saturated rings. The number of rotatable bonds is 5. The van der Waals surface area contributed by atoms with Gasteiger partial charge in [0.2, 0.25) is 0 Å². The molecule has 1 heterocycles. The van der Waals surface area contributed by atoms with Crippen LogP contribution in [0.1, 0.15) is 20.7 Å². The van der Waals surface area contributed by atoms with E-state index in [1.54, 1.807) is 79.8 Å². The fraction of sp³-hybridized carbons (Fsp3) is 0.0800. The van der Waals surface area contributed by atoms with E-state index in [-0.39, 0.29) is 22.8 Å². The molecule has 0 atom stereocenters. The van der Waals surface area contributed by atoms with Crippen molar-refractivity contribution in [3.63, 3.8) is 0 Å². The molecule has 0 unspecified atom stereocenters. The molecule has 4 rings (SSSR count). The number of aryl methyl sites for hydroxylation is 1. The maximum absolute atomic E-state index is 12.8. The second-order valence-corrected chi connectivity index (χ2v) is 7.04. The number of hydrogen-bond acceptors (Lipinski definition) is 5. The summed E-state index contributed by atoms with van der Waals surface area (Å²) in [7, 11) is 3.15. The van der Waals surface area contributed by atoms with Crippen LogP contribution in [0.25, 0.3) is 10.9 Å². The van der Waals surface area contributed by atoms with E-state index in [2.05, 4.69) is 5.32 Å². The quantitative estimate of drug-likeness (QED) is 0.383.